The number of halogens is 1. The highest BCUT2D eigenvalue weighted by Crippen LogP contribution is 2.42. The summed E-state index contributed by atoms with van der Waals surface area (Å²) in [4.78, 5) is 35.7. The van der Waals surface area contributed by atoms with Crippen molar-refractivity contribution in [3.8, 4) is 0 Å². The number of nitrogens with zero attached hydrogens (tertiary/aromatic N) is 2. The van der Waals surface area contributed by atoms with E-state index in [1.54, 1.807) is 11.1 Å². The fourth-order valence-corrected chi connectivity index (χ4v) is 7.30. The Morgan fingerprint density at radius 3 is 2.37 bits per heavy atom. The number of aryl methyl sites for hydroxylation is 4. The second-order valence-electron chi connectivity index (χ2n) is 13.9. The molecular weight excluding hydrogens is 642 g/mol. The number of benzene rings is 2. The molecule has 1 amide bonds. The summed E-state index contributed by atoms with van der Waals surface area (Å²) in [5, 5.41) is 2.76. The first kappa shape index (κ1) is 34.1. The van der Waals surface area contributed by atoms with Gasteiger partial charge in [-0.15, -0.1) is 0 Å². The summed E-state index contributed by atoms with van der Waals surface area (Å²) < 4.78 is 12.0. The number of fused-ring (bicyclic) bond motifs is 1. The second kappa shape index (κ2) is 15.1. The van der Waals surface area contributed by atoms with Gasteiger partial charge in [-0.25, -0.2) is 19.6 Å². The van der Waals surface area contributed by atoms with Gasteiger partial charge >= 0.3 is 12.1 Å². The van der Waals surface area contributed by atoms with Crippen LogP contribution in [0, 0.1) is 13.8 Å². The second-order valence-corrected chi connectivity index (χ2v) is 14.8. The van der Waals surface area contributed by atoms with Crippen molar-refractivity contribution >= 4 is 28.0 Å². The molecule has 246 valence electrons. The molecule has 0 saturated heterocycles. The van der Waals surface area contributed by atoms with Crippen molar-refractivity contribution in [1.29, 1.82) is 0 Å². The average Bonchev–Trinajstić information content (AvgIpc) is 3.03. The molecule has 1 fully saturated rings. The van der Waals surface area contributed by atoms with Crippen LogP contribution in [0.25, 0.3) is 0 Å². The van der Waals surface area contributed by atoms with E-state index < -0.39 is 23.7 Å². The zero-order valence-corrected chi connectivity index (χ0v) is 29.5. The van der Waals surface area contributed by atoms with Crippen molar-refractivity contribution in [1.82, 2.24) is 15.3 Å². The third kappa shape index (κ3) is 8.96. The predicted octanol–water partition coefficient (Wildman–Crippen LogP) is 8.75. The Kier molecular flexibility index (Phi) is 11.2. The maximum atomic E-state index is 13.2. The number of rotatable bonds is 9. The average molecular weight is 691 g/mol. The molecule has 1 saturated carbocycles. The van der Waals surface area contributed by atoms with Crippen LogP contribution in [0.15, 0.2) is 46.9 Å². The van der Waals surface area contributed by atoms with Crippen molar-refractivity contribution in [2.75, 3.05) is 0 Å². The molecule has 0 aliphatic heterocycles. The van der Waals surface area contributed by atoms with E-state index in [0.717, 1.165) is 58.5 Å². The Morgan fingerprint density at radius 2 is 1.65 bits per heavy atom. The summed E-state index contributed by atoms with van der Waals surface area (Å²) in [6.45, 7) is 9.57. The molecule has 0 radical (unpaired) electrons. The van der Waals surface area contributed by atoms with Gasteiger partial charge < -0.3 is 14.8 Å². The number of esters is 1. The first-order valence-electron chi connectivity index (χ1n) is 16.8. The van der Waals surface area contributed by atoms with Crippen LogP contribution in [-0.2, 0) is 40.1 Å². The van der Waals surface area contributed by atoms with Crippen molar-refractivity contribution in [3.05, 3.63) is 92.0 Å². The van der Waals surface area contributed by atoms with Crippen LogP contribution in [0.1, 0.15) is 123 Å². The van der Waals surface area contributed by atoms with E-state index in [1.165, 1.54) is 31.2 Å². The Labute approximate surface area is 282 Å². The lowest BCUT2D eigenvalue weighted by Gasteiger charge is -2.30. The molecule has 0 spiro atoms. The van der Waals surface area contributed by atoms with Crippen LogP contribution in [0.4, 0.5) is 4.79 Å². The standard InChI is InChI=1S/C38H48BrN3O4/c1-24-33(20-21-34(36(43)46-38(3,4)5)42-37(44)45-23-31-12-8-9-13-32(31)39)40-25(2)41-35(24)28-17-14-27(15-18-28)30-19-16-26-10-6-7-11-29(26)22-30/h8-9,12-13,16,19,22,27-28,34H,6-7,10-11,14-15,17-18,20-21,23H2,1-5H3,(H,42,44)/t27?,28?,34-/m0/s1. The largest absolute Gasteiger partial charge is 0.458 e. The molecule has 2 aliphatic rings. The summed E-state index contributed by atoms with van der Waals surface area (Å²) in [6.07, 6.45) is 9.76. The van der Waals surface area contributed by atoms with Gasteiger partial charge in [-0.2, -0.15) is 0 Å². The Morgan fingerprint density at radius 1 is 0.957 bits per heavy atom. The molecule has 8 heteroatoms. The van der Waals surface area contributed by atoms with E-state index in [2.05, 4.69) is 46.4 Å². The lowest BCUT2D eigenvalue weighted by atomic mass is 9.75. The van der Waals surface area contributed by atoms with E-state index in [0.29, 0.717) is 24.7 Å². The predicted molar refractivity (Wildman–Crippen MR) is 184 cm³/mol. The third-order valence-electron chi connectivity index (χ3n) is 9.32. The van der Waals surface area contributed by atoms with Crippen LogP contribution in [0.2, 0.25) is 0 Å². The highest BCUT2D eigenvalue weighted by atomic mass is 79.9. The van der Waals surface area contributed by atoms with Gasteiger partial charge in [-0.1, -0.05) is 52.3 Å². The van der Waals surface area contributed by atoms with Gasteiger partial charge in [0, 0.05) is 21.6 Å². The number of carbonyl (C=O) groups excluding carboxylic acids is 2. The zero-order chi connectivity index (χ0) is 32.8. The van der Waals surface area contributed by atoms with Crippen LogP contribution >= 0.6 is 15.9 Å². The first-order chi connectivity index (χ1) is 22.0. The van der Waals surface area contributed by atoms with E-state index in [9.17, 15) is 9.59 Å². The minimum atomic E-state index is -0.879. The van der Waals surface area contributed by atoms with Crippen molar-refractivity contribution in [2.45, 2.75) is 129 Å². The lowest BCUT2D eigenvalue weighted by molar-refractivity contribution is -0.157. The molecule has 1 aromatic heterocycles. The quantitative estimate of drug-likeness (QED) is 0.226. The Hall–Kier alpha value is -3.26. The van der Waals surface area contributed by atoms with Crippen molar-refractivity contribution in [3.63, 3.8) is 0 Å². The fourth-order valence-electron chi connectivity index (χ4n) is 6.90. The molecule has 0 unspecified atom stereocenters. The summed E-state index contributed by atoms with van der Waals surface area (Å²) in [6, 6.07) is 13.9. The SMILES string of the molecule is Cc1nc(CC[C@H](NC(=O)OCc2ccccc2Br)C(=O)OC(C)(C)C)c(C)c(C2CCC(c3ccc4c(c3)CCCC4)CC2)n1. The van der Waals surface area contributed by atoms with Gasteiger partial charge in [-0.05, 0) is 133 Å². The summed E-state index contributed by atoms with van der Waals surface area (Å²) in [5.41, 5.74) is 7.88. The lowest BCUT2D eigenvalue weighted by Crippen LogP contribution is -2.44. The van der Waals surface area contributed by atoms with Gasteiger partial charge in [0.2, 0.25) is 0 Å². The van der Waals surface area contributed by atoms with Gasteiger partial charge in [0.15, 0.2) is 0 Å². The normalized spacial score (nSPS) is 18.7. The molecule has 46 heavy (non-hydrogen) atoms. The van der Waals surface area contributed by atoms with E-state index in [-0.39, 0.29) is 6.61 Å². The van der Waals surface area contributed by atoms with Gasteiger partial charge in [0.25, 0.3) is 0 Å². The number of aromatic nitrogens is 2. The van der Waals surface area contributed by atoms with Crippen molar-refractivity contribution < 1.29 is 19.1 Å². The summed E-state index contributed by atoms with van der Waals surface area (Å²) >= 11 is 3.48. The molecule has 0 bridgehead atoms. The van der Waals surface area contributed by atoms with E-state index in [1.807, 2.05) is 52.0 Å². The van der Waals surface area contributed by atoms with E-state index >= 15 is 0 Å². The fraction of sp³-hybridized carbons (Fsp3) is 0.526. The maximum Gasteiger partial charge on any atom is 0.408 e. The number of carbonyl (C=O) groups is 2. The maximum absolute atomic E-state index is 13.2. The Bertz CT molecular complexity index is 1540. The van der Waals surface area contributed by atoms with Gasteiger partial charge in [0.05, 0.1) is 5.69 Å². The number of alkyl carbamates (subject to hydrolysis) is 1. The summed E-state index contributed by atoms with van der Waals surface area (Å²) in [7, 11) is 0. The first-order valence-corrected chi connectivity index (χ1v) is 17.6. The monoisotopic (exact) mass is 689 g/mol. The van der Waals surface area contributed by atoms with Gasteiger partial charge in [-0.3, -0.25) is 0 Å². The number of hydrogen-bond donors (Lipinski definition) is 1. The molecule has 1 heterocycles. The van der Waals surface area contributed by atoms with Crippen LogP contribution in [-0.4, -0.2) is 33.7 Å². The molecule has 2 aliphatic carbocycles. The van der Waals surface area contributed by atoms with Crippen LogP contribution in [0.3, 0.4) is 0 Å². The molecule has 1 atom stereocenters. The zero-order valence-electron chi connectivity index (χ0n) is 28.0. The summed E-state index contributed by atoms with van der Waals surface area (Å²) in [5.74, 6) is 1.24. The highest BCUT2D eigenvalue weighted by molar-refractivity contribution is 9.10. The molecule has 2 aromatic carbocycles. The van der Waals surface area contributed by atoms with Gasteiger partial charge in [0.1, 0.15) is 24.1 Å². The highest BCUT2D eigenvalue weighted by Gasteiger charge is 2.30. The number of amides is 1. The van der Waals surface area contributed by atoms with Crippen LogP contribution in [0.5, 0.6) is 0 Å². The molecule has 5 rings (SSSR count). The number of ether oxygens (including phenoxy) is 2. The molecule has 3 aromatic rings. The smallest absolute Gasteiger partial charge is 0.408 e. The minimum absolute atomic E-state index is 0.0799. The molecular formula is C38H48BrN3O4. The van der Waals surface area contributed by atoms with Crippen LogP contribution < -0.4 is 5.32 Å². The number of hydrogen-bond acceptors (Lipinski definition) is 6. The number of nitrogens with one attached hydrogen (secondary N) is 1. The third-order valence-corrected chi connectivity index (χ3v) is 10.1. The minimum Gasteiger partial charge on any atom is -0.458 e. The Balaban J connectivity index is 1.24. The van der Waals surface area contributed by atoms with E-state index in [4.69, 9.17) is 19.4 Å². The topological polar surface area (TPSA) is 90.4 Å². The van der Waals surface area contributed by atoms with Crippen molar-refractivity contribution in [2.24, 2.45) is 0 Å². The molecule has 1 N–H and O–H groups in total. The molecule has 7 nitrogen and oxygen atoms in total.